The smallest absolute Gasteiger partial charge is 0.254 e. The molecule has 1 amide bonds. The molecule has 16 heavy (non-hydrogen) atoms. The van der Waals surface area contributed by atoms with E-state index in [-0.39, 0.29) is 5.91 Å². The molecular weight excluding hydrogens is 319 g/mol. The Morgan fingerprint density at radius 2 is 2.50 bits per heavy atom. The van der Waals surface area contributed by atoms with Crippen LogP contribution >= 0.6 is 22.6 Å². The van der Waals surface area contributed by atoms with E-state index in [0.717, 1.165) is 3.57 Å². The average molecular weight is 332 g/mol. The van der Waals surface area contributed by atoms with Gasteiger partial charge in [-0.2, -0.15) is 0 Å². The van der Waals surface area contributed by atoms with Crippen molar-refractivity contribution in [3.63, 3.8) is 0 Å². The summed E-state index contributed by atoms with van der Waals surface area (Å²) in [4.78, 5) is 15.7. The largest absolute Gasteiger partial charge is 0.365 e. The molecule has 0 saturated carbocycles. The number of nitrogens with zero attached hydrogens (tertiary/aromatic N) is 1. The summed E-state index contributed by atoms with van der Waals surface area (Å²) in [7, 11) is 0. The summed E-state index contributed by atoms with van der Waals surface area (Å²) >= 11 is 2.15. The van der Waals surface area contributed by atoms with E-state index in [4.69, 9.17) is 4.74 Å². The highest BCUT2D eigenvalue weighted by molar-refractivity contribution is 14.1. The predicted octanol–water partition coefficient (Wildman–Crippen LogP) is 2.22. The zero-order chi connectivity index (χ0) is 12.0. The maximum absolute atomic E-state index is 11.6. The molecule has 0 spiro atoms. The Morgan fingerprint density at radius 1 is 1.75 bits per heavy atom. The number of aromatic nitrogens is 1. The number of rotatable bonds is 5. The van der Waals surface area contributed by atoms with Gasteiger partial charge in [0, 0.05) is 9.77 Å². The van der Waals surface area contributed by atoms with E-state index in [9.17, 15) is 4.79 Å². The lowest BCUT2D eigenvalue weighted by molar-refractivity contribution is -0.125. The summed E-state index contributed by atoms with van der Waals surface area (Å²) in [5, 5.41) is 2.67. The van der Waals surface area contributed by atoms with E-state index < -0.39 is 6.10 Å². The molecule has 0 radical (unpaired) electrons. The molecule has 0 aliphatic carbocycles. The second-order valence-electron chi connectivity index (χ2n) is 3.12. The van der Waals surface area contributed by atoms with Gasteiger partial charge in [0.1, 0.15) is 11.9 Å². The van der Waals surface area contributed by atoms with Gasteiger partial charge >= 0.3 is 0 Å². The van der Waals surface area contributed by atoms with Crippen LogP contribution in [0.1, 0.15) is 6.92 Å². The van der Waals surface area contributed by atoms with Crippen molar-refractivity contribution in [2.45, 2.75) is 13.0 Å². The van der Waals surface area contributed by atoms with E-state index in [0.29, 0.717) is 12.4 Å². The van der Waals surface area contributed by atoms with Gasteiger partial charge in [0.15, 0.2) is 0 Å². The van der Waals surface area contributed by atoms with Crippen molar-refractivity contribution >= 4 is 34.3 Å². The lowest BCUT2D eigenvalue weighted by Crippen LogP contribution is -2.28. The van der Waals surface area contributed by atoms with Gasteiger partial charge < -0.3 is 10.1 Å². The van der Waals surface area contributed by atoms with Gasteiger partial charge in [0.05, 0.1) is 6.61 Å². The fourth-order valence-corrected chi connectivity index (χ4v) is 1.28. The molecule has 5 heteroatoms. The number of carbonyl (C=O) groups is 1. The van der Waals surface area contributed by atoms with E-state index in [1.54, 1.807) is 25.3 Å². The molecule has 0 fully saturated rings. The van der Waals surface area contributed by atoms with Crippen molar-refractivity contribution in [3.05, 3.63) is 34.6 Å². The molecule has 0 aliphatic heterocycles. The van der Waals surface area contributed by atoms with Crippen molar-refractivity contribution in [2.75, 3.05) is 11.9 Å². The number of carbonyl (C=O) groups excluding carboxylic acids is 1. The number of hydrogen-bond acceptors (Lipinski definition) is 3. The zero-order valence-corrected chi connectivity index (χ0v) is 11.1. The summed E-state index contributed by atoms with van der Waals surface area (Å²) in [5.74, 6) is 0.315. The highest BCUT2D eigenvalue weighted by Gasteiger charge is 2.12. The highest BCUT2D eigenvalue weighted by Crippen LogP contribution is 2.07. The maximum Gasteiger partial charge on any atom is 0.254 e. The van der Waals surface area contributed by atoms with Crippen LogP contribution in [-0.2, 0) is 9.53 Å². The molecule has 0 aromatic carbocycles. The molecule has 4 nitrogen and oxygen atoms in total. The number of ether oxygens (including phenoxy) is 1. The molecule has 1 unspecified atom stereocenters. The van der Waals surface area contributed by atoms with Crippen molar-refractivity contribution < 1.29 is 9.53 Å². The lowest BCUT2D eigenvalue weighted by Gasteiger charge is -2.11. The second kappa shape index (κ2) is 6.59. The first-order chi connectivity index (χ1) is 7.63. The number of anilines is 1. The minimum atomic E-state index is -0.515. The summed E-state index contributed by atoms with van der Waals surface area (Å²) in [6.45, 7) is 5.56. The van der Waals surface area contributed by atoms with Crippen molar-refractivity contribution in [3.8, 4) is 0 Å². The molecular formula is C11H13IN2O2. The topological polar surface area (TPSA) is 51.2 Å². The standard InChI is InChI=1S/C11H13IN2O2/c1-3-6-16-8(2)11(15)14-10-5-4-9(12)7-13-10/h3-5,7-8H,1,6H2,2H3,(H,13,14,15). The monoisotopic (exact) mass is 332 g/mol. The lowest BCUT2D eigenvalue weighted by atomic mass is 10.3. The Labute approximate surface area is 108 Å². The van der Waals surface area contributed by atoms with Crippen LogP contribution in [-0.4, -0.2) is 23.6 Å². The van der Waals surface area contributed by atoms with E-state index in [1.807, 2.05) is 6.07 Å². The third-order valence-corrected chi connectivity index (χ3v) is 2.45. The van der Waals surface area contributed by atoms with Crippen LogP contribution < -0.4 is 5.32 Å². The van der Waals surface area contributed by atoms with Crippen molar-refractivity contribution in [1.82, 2.24) is 4.98 Å². The van der Waals surface area contributed by atoms with Crippen LogP contribution in [0.4, 0.5) is 5.82 Å². The number of hydrogen-bond donors (Lipinski definition) is 1. The zero-order valence-electron chi connectivity index (χ0n) is 8.94. The summed E-state index contributed by atoms with van der Waals surface area (Å²) in [6.07, 6.45) is 2.78. The summed E-state index contributed by atoms with van der Waals surface area (Å²) in [5.41, 5.74) is 0. The summed E-state index contributed by atoms with van der Waals surface area (Å²) < 4.78 is 6.21. The highest BCUT2D eigenvalue weighted by atomic mass is 127. The van der Waals surface area contributed by atoms with Crippen LogP contribution in [0.2, 0.25) is 0 Å². The van der Waals surface area contributed by atoms with E-state index in [1.165, 1.54) is 0 Å². The first kappa shape index (κ1) is 13.1. The number of amides is 1. The third kappa shape index (κ3) is 4.28. The number of halogens is 1. The predicted molar refractivity (Wildman–Crippen MR) is 71.2 cm³/mol. The summed E-state index contributed by atoms with van der Waals surface area (Å²) in [6, 6.07) is 3.62. The first-order valence-electron chi connectivity index (χ1n) is 4.78. The molecule has 1 heterocycles. The molecule has 1 N–H and O–H groups in total. The number of nitrogens with one attached hydrogen (secondary N) is 1. The minimum Gasteiger partial charge on any atom is -0.365 e. The van der Waals surface area contributed by atoms with Crippen molar-refractivity contribution in [2.24, 2.45) is 0 Å². The molecule has 1 rings (SSSR count). The average Bonchev–Trinajstić information content (AvgIpc) is 2.29. The van der Waals surface area contributed by atoms with Gasteiger partial charge in [-0.15, -0.1) is 6.58 Å². The van der Waals surface area contributed by atoms with Crippen LogP contribution in [0.15, 0.2) is 31.0 Å². The molecule has 0 aliphatic rings. The SMILES string of the molecule is C=CCOC(C)C(=O)Nc1ccc(I)cn1. The molecule has 0 saturated heterocycles. The van der Waals surface area contributed by atoms with Gasteiger partial charge in [-0.3, -0.25) is 4.79 Å². The molecule has 1 aromatic rings. The first-order valence-corrected chi connectivity index (χ1v) is 5.86. The van der Waals surface area contributed by atoms with Gasteiger partial charge in [-0.05, 0) is 41.6 Å². The Hall–Kier alpha value is -0.950. The van der Waals surface area contributed by atoms with Crippen LogP contribution in [0.25, 0.3) is 0 Å². The fraction of sp³-hybridized carbons (Fsp3) is 0.273. The Kier molecular flexibility index (Phi) is 5.41. The molecule has 0 bridgehead atoms. The van der Waals surface area contributed by atoms with Gasteiger partial charge in [-0.25, -0.2) is 4.98 Å². The number of pyridine rings is 1. The van der Waals surface area contributed by atoms with Gasteiger partial charge in [-0.1, -0.05) is 6.08 Å². The van der Waals surface area contributed by atoms with Crippen LogP contribution in [0.3, 0.4) is 0 Å². The normalized spacial score (nSPS) is 11.9. The molecule has 1 atom stereocenters. The Balaban J connectivity index is 2.50. The van der Waals surface area contributed by atoms with E-state index in [2.05, 4.69) is 39.5 Å². The van der Waals surface area contributed by atoms with Crippen molar-refractivity contribution in [1.29, 1.82) is 0 Å². The Morgan fingerprint density at radius 3 is 3.06 bits per heavy atom. The van der Waals surface area contributed by atoms with Gasteiger partial charge in [0.2, 0.25) is 0 Å². The van der Waals surface area contributed by atoms with Gasteiger partial charge in [0.25, 0.3) is 5.91 Å². The Bertz CT molecular complexity index is 365. The maximum atomic E-state index is 11.6. The minimum absolute atomic E-state index is 0.212. The molecule has 1 aromatic heterocycles. The second-order valence-corrected chi connectivity index (χ2v) is 4.36. The van der Waals surface area contributed by atoms with Crippen LogP contribution in [0, 0.1) is 3.57 Å². The van der Waals surface area contributed by atoms with E-state index >= 15 is 0 Å². The molecule has 86 valence electrons. The quantitative estimate of drug-likeness (QED) is 0.664. The third-order valence-electron chi connectivity index (χ3n) is 1.81. The van der Waals surface area contributed by atoms with Crippen LogP contribution in [0.5, 0.6) is 0 Å². The fourth-order valence-electron chi connectivity index (χ4n) is 0.966.